The van der Waals surface area contributed by atoms with Crippen molar-refractivity contribution in [3.8, 4) is 5.75 Å². The zero-order valence-electron chi connectivity index (χ0n) is 17.3. The molecule has 1 aliphatic heterocycles. The van der Waals surface area contributed by atoms with Crippen LogP contribution in [0.4, 0.5) is 11.4 Å². The van der Waals surface area contributed by atoms with Gasteiger partial charge in [0.05, 0.1) is 23.9 Å². The summed E-state index contributed by atoms with van der Waals surface area (Å²) in [6.45, 7) is 0.632. The molecular formula is C21H21N3O8. The Balaban J connectivity index is 1.37. The first kappa shape index (κ1) is 21.5. The van der Waals surface area contributed by atoms with E-state index in [0.717, 1.165) is 11.3 Å². The Labute approximate surface area is 182 Å². The molecule has 2 aliphatic carbocycles. The topological polar surface area (TPSA) is 145 Å². The Bertz CT molecular complexity index is 1020. The van der Waals surface area contributed by atoms with Crippen molar-refractivity contribution in [2.75, 3.05) is 19.0 Å². The second kappa shape index (κ2) is 8.06. The molecule has 3 aliphatic rings. The van der Waals surface area contributed by atoms with Crippen LogP contribution in [0.3, 0.4) is 0 Å². The largest absolute Gasteiger partial charge is 0.497 e. The van der Waals surface area contributed by atoms with Crippen LogP contribution in [0.5, 0.6) is 5.75 Å². The molecule has 4 rings (SSSR count). The standard InChI is InChI=1S/C21H21N3O8/c1-10(23-19(26)17-11-3-4-12(7-11)18(17)20(23)27)21(28)32-9-16(25)22-14-8-13(31-2)5-6-15(14)24(29)30/h3-6,8,10-12,17-18H,7,9H2,1-2H3,(H,22,25)/t10-,11-,12-,17+,18+/m0/s1. The van der Waals surface area contributed by atoms with E-state index in [1.54, 1.807) is 0 Å². The molecule has 1 saturated carbocycles. The van der Waals surface area contributed by atoms with Crippen LogP contribution < -0.4 is 10.1 Å². The Morgan fingerprint density at radius 3 is 2.41 bits per heavy atom. The first-order valence-electron chi connectivity index (χ1n) is 10.1. The van der Waals surface area contributed by atoms with Crippen molar-refractivity contribution in [2.45, 2.75) is 19.4 Å². The monoisotopic (exact) mass is 443 g/mol. The number of nitro benzene ring substituents is 1. The van der Waals surface area contributed by atoms with E-state index in [2.05, 4.69) is 5.32 Å². The van der Waals surface area contributed by atoms with Gasteiger partial charge in [0.1, 0.15) is 17.5 Å². The smallest absolute Gasteiger partial charge is 0.329 e. The predicted octanol–water partition coefficient (Wildman–Crippen LogP) is 1.28. The fourth-order valence-electron chi connectivity index (χ4n) is 4.76. The summed E-state index contributed by atoms with van der Waals surface area (Å²) in [5, 5.41) is 13.5. The van der Waals surface area contributed by atoms with E-state index in [1.807, 2.05) is 12.2 Å². The van der Waals surface area contributed by atoms with Gasteiger partial charge in [-0.1, -0.05) is 12.2 Å². The first-order valence-corrected chi connectivity index (χ1v) is 10.1. The van der Waals surface area contributed by atoms with Crippen molar-refractivity contribution in [3.05, 3.63) is 40.5 Å². The minimum Gasteiger partial charge on any atom is -0.497 e. The number of hydrogen-bond donors (Lipinski definition) is 1. The minimum absolute atomic E-state index is 0.0131. The number of esters is 1. The highest BCUT2D eigenvalue weighted by molar-refractivity contribution is 6.09. The normalized spacial score (nSPS) is 26.1. The number of rotatable bonds is 7. The van der Waals surface area contributed by atoms with Gasteiger partial charge < -0.3 is 14.8 Å². The van der Waals surface area contributed by atoms with Crippen molar-refractivity contribution in [1.82, 2.24) is 4.90 Å². The number of anilines is 1. The number of hydrogen-bond acceptors (Lipinski definition) is 8. The van der Waals surface area contributed by atoms with Crippen molar-refractivity contribution in [1.29, 1.82) is 0 Å². The summed E-state index contributed by atoms with van der Waals surface area (Å²) in [6, 6.07) is 2.63. The number of nitro groups is 1. The third kappa shape index (κ3) is 3.49. The molecule has 2 fully saturated rings. The first-order chi connectivity index (χ1) is 15.2. The molecule has 3 amide bonds. The third-order valence-electron chi connectivity index (χ3n) is 6.25. The lowest BCUT2D eigenvalue weighted by molar-refractivity contribution is -0.383. The number of likely N-dealkylation sites (tertiary alicyclic amines) is 1. The van der Waals surface area contributed by atoms with E-state index in [9.17, 15) is 29.3 Å². The van der Waals surface area contributed by atoms with Crippen LogP contribution in [0, 0.1) is 33.8 Å². The fourth-order valence-corrected chi connectivity index (χ4v) is 4.76. The molecule has 168 valence electrons. The van der Waals surface area contributed by atoms with Crippen LogP contribution in [-0.4, -0.2) is 53.3 Å². The van der Waals surface area contributed by atoms with Crippen LogP contribution in [0.1, 0.15) is 13.3 Å². The van der Waals surface area contributed by atoms with Gasteiger partial charge in [-0.25, -0.2) is 4.79 Å². The third-order valence-corrected chi connectivity index (χ3v) is 6.25. The number of nitrogens with zero attached hydrogens (tertiary/aromatic N) is 2. The summed E-state index contributed by atoms with van der Waals surface area (Å²) in [5.74, 6) is -3.08. The SMILES string of the molecule is COc1ccc([N+](=O)[O-])c(NC(=O)COC(=O)[C@H](C)N2C(=O)[C@H]3[C@H](C2=O)[C@H]2C=C[C@H]3C2)c1. The van der Waals surface area contributed by atoms with E-state index in [1.165, 1.54) is 32.2 Å². The molecule has 2 bridgehead atoms. The molecule has 1 aromatic carbocycles. The summed E-state index contributed by atoms with van der Waals surface area (Å²) in [6.07, 6.45) is 4.67. The van der Waals surface area contributed by atoms with E-state index < -0.39 is 53.1 Å². The zero-order valence-corrected chi connectivity index (χ0v) is 17.3. The summed E-state index contributed by atoms with van der Waals surface area (Å²) in [7, 11) is 1.37. The molecule has 0 aromatic heterocycles. The molecule has 1 heterocycles. The van der Waals surface area contributed by atoms with Crippen LogP contribution in [-0.2, 0) is 23.9 Å². The predicted molar refractivity (Wildman–Crippen MR) is 108 cm³/mol. The lowest BCUT2D eigenvalue weighted by Gasteiger charge is -2.23. The Hall–Kier alpha value is -3.76. The summed E-state index contributed by atoms with van der Waals surface area (Å²) in [4.78, 5) is 61.7. The van der Waals surface area contributed by atoms with E-state index in [4.69, 9.17) is 9.47 Å². The Morgan fingerprint density at radius 1 is 1.22 bits per heavy atom. The Kier molecular flexibility index (Phi) is 5.41. The quantitative estimate of drug-likeness (QED) is 0.218. The van der Waals surface area contributed by atoms with Crippen LogP contribution in [0.2, 0.25) is 0 Å². The van der Waals surface area contributed by atoms with Gasteiger partial charge >= 0.3 is 5.97 Å². The highest BCUT2D eigenvalue weighted by Crippen LogP contribution is 2.52. The van der Waals surface area contributed by atoms with Gasteiger partial charge in [-0.15, -0.1) is 0 Å². The van der Waals surface area contributed by atoms with Gasteiger partial charge in [0.25, 0.3) is 11.6 Å². The number of ether oxygens (including phenoxy) is 2. The molecular weight excluding hydrogens is 422 g/mol. The maximum atomic E-state index is 12.8. The molecule has 32 heavy (non-hydrogen) atoms. The van der Waals surface area contributed by atoms with Gasteiger partial charge in [0.2, 0.25) is 11.8 Å². The average Bonchev–Trinajstić information content (AvgIpc) is 3.45. The van der Waals surface area contributed by atoms with Crippen molar-refractivity contribution in [3.63, 3.8) is 0 Å². The maximum Gasteiger partial charge on any atom is 0.329 e. The average molecular weight is 443 g/mol. The van der Waals surface area contributed by atoms with Crippen molar-refractivity contribution < 1.29 is 33.6 Å². The molecule has 11 nitrogen and oxygen atoms in total. The zero-order chi connectivity index (χ0) is 23.2. The highest BCUT2D eigenvalue weighted by Gasteiger charge is 2.60. The van der Waals surface area contributed by atoms with Crippen LogP contribution in [0.25, 0.3) is 0 Å². The number of amides is 3. The number of fused-ring (bicyclic) bond motifs is 5. The van der Waals surface area contributed by atoms with E-state index in [-0.39, 0.29) is 29.0 Å². The molecule has 0 radical (unpaired) electrons. The number of methoxy groups -OCH3 is 1. The van der Waals surface area contributed by atoms with E-state index >= 15 is 0 Å². The number of carbonyl (C=O) groups is 4. The fraction of sp³-hybridized carbons (Fsp3) is 0.429. The highest BCUT2D eigenvalue weighted by atomic mass is 16.6. The van der Waals surface area contributed by atoms with Gasteiger partial charge in [0, 0.05) is 12.1 Å². The summed E-state index contributed by atoms with van der Waals surface area (Å²) in [5.41, 5.74) is -0.481. The number of benzene rings is 1. The number of carbonyl (C=O) groups excluding carboxylic acids is 4. The van der Waals surface area contributed by atoms with E-state index in [0.29, 0.717) is 0 Å². The van der Waals surface area contributed by atoms with Crippen molar-refractivity contribution in [2.24, 2.45) is 23.7 Å². The van der Waals surface area contributed by atoms with Crippen molar-refractivity contribution >= 4 is 35.1 Å². The second-order valence-electron chi connectivity index (χ2n) is 8.02. The summed E-state index contributed by atoms with van der Waals surface area (Å²) < 4.78 is 9.98. The molecule has 1 N–H and O–H groups in total. The van der Waals surface area contributed by atoms with Crippen LogP contribution >= 0.6 is 0 Å². The van der Waals surface area contributed by atoms with Gasteiger partial charge in [-0.05, 0) is 31.2 Å². The maximum absolute atomic E-state index is 12.8. The lowest BCUT2D eigenvalue weighted by atomic mass is 9.85. The second-order valence-corrected chi connectivity index (χ2v) is 8.02. The van der Waals surface area contributed by atoms with Gasteiger partial charge in [-0.3, -0.25) is 29.4 Å². The lowest BCUT2D eigenvalue weighted by Crippen LogP contribution is -2.45. The summed E-state index contributed by atoms with van der Waals surface area (Å²) >= 11 is 0. The molecule has 1 aromatic rings. The van der Waals surface area contributed by atoms with Gasteiger partial charge in [0.15, 0.2) is 6.61 Å². The molecule has 11 heteroatoms. The van der Waals surface area contributed by atoms with Crippen LogP contribution in [0.15, 0.2) is 30.4 Å². The molecule has 0 unspecified atom stereocenters. The van der Waals surface area contributed by atoms with Gasteiger partial charge in [-0.2, -0.15) is 0 Å². The Morgan fingerprint density at radius 2 is 1.84 bits per heavy atom. The number of nitrogens with one attached hydrogen (secondary N) is 1. The molecule has 1 saturated heterocycles. The molecule has 0 spiro atoms. The number of allylic oxidation sites excluding steroid dienone is 2. The molecule has 5 atom stereocenters. The minimum atomic E-state index is -1.18. The number of imide groups is 1.